The highest BCUT2D eigenvalue weighted by Crippen LogP contribution is 2.21. The molecular weight excluding hydrogens is 252 g/mol. The summed E-state index contributed by atoms with van der Waals surface area (Å²) in [5.41, 5.74) is 5.37. The molecule has 1 heterocycles. The Balaban J connectivity index is 1.99. The first-order chi connectivity index (χ1) is 8.78. The Morgan fingerprint density at radius 1 is 1.11 bits per heavy atom. The van der Waals surface area contributed by atoms with E-state index in [0.29, 0.717) is 35.6 Å². The Bertz CT molecular complexity index is 486. The normalized spacial score (nSPS) is 10.1. The lowest BCUT2D eigenvalue weighted by Crippen LogP contribution is -2.14. The number of anilines is 1. The molecule has 0 saturated heterocycles. The zero-order valence-corrected chi connectivity index (χ0v) is 10.4. The van der Waals surface area contributed by atoms with Crippen molar-refractivity contribution in [3.05, 3.63) is 41.7 Å². The van der Waals surface area contributed by atoms with Gasteiger partial charge in [0.2, 0.25) is 5.95 Å². The molecule has 0 radical (unpaired) electrons. The van der Waals surface area contributed by atoms with Crippen molar-refractivity contribution >= 4 is 17.5 Å². The topological polar surface area (TPSA) is 73.1 Å². The molecule has 0 spiro atoms. The number of hydrogen-bond donors (Lipinski definition) is 2. The predicted octanol–water partition coefficient (Wildman–Crippen LogP) is 2.29. The standard InChI is InChI=1S/C12H13ClN4O/c13-9-1-3-10(4-2-9)18-11-7-16-12(17-8-11)15-6-5-14/h1-4,7-8H,5-6,14H2,(H,15,16,17). The molecule has 0 aliphatic carbocycles. The molecule has 1 aromatic carbocycles. The van der Waals surface area contributed by atoms with Crippen LogP contribution in [0.25, 0.3) is 0 Å². The number of benzene rings is 1. The van der Waals surface area contributed by atoms with E-state index in [1.807, 2.05) is 0 Å². The zero-order valence-electron chi connectivity index (χ0n) is 9.64. The van der Waals surface area contributed by atoms with E-state index >= 15 is 0 Å². The van der Waals surface area contributed by atoms with Crippen LogP contribution >= 0.6 is 11.6 Å². The summed E-state index contributed by atoms with van der Waals surface area (Å²) in [6.45, 7) is 1.17. The lowest BCUT2D eigenvalue weighted by Gasteiger charge is -2.06. The second-order valence-corrected chi connectivity index (χ2v) is 3.95. The van der Waals surface area contributed by atoms with E-state index in [-0.39, 0.29) is 0 Å². The third-order valence-electron chi connectivity index (χ3n) is 2.10. The van der Waals surface area contributed by atoms with Gasteiger partial charge in [-0.25, -0.2) is 9.97 Å². The van der Waals surface area contributed by atoms with Gasteiger partial charge in [0, 0.05) is 18.1 Å². The van der Waals surface area contributed by atoms with E-state index in [4.69, 9.17) is 22.1 Å². The molecule has 0 bridgehead atoms. The van der Waals surface area contributed by atoms with Crippen molar-refractivity contribution in [2.45, 2.75) is 0 Å². The van der Waals surface area contributed by atoms with E-state index in [1.165, 1.54) is 0 Å². The first-order valence-corrected chi connectivity index (χ1v) is 5.85. The average Bonchev–Trinajstić information content (AvgIpc) is 2.41. The molecule has 94 valence electrons. The minimum atomic E-state index is 0.531. The Kier molecular flexibility index (Phi) is 4.33. The second kappa shape index (κ2) is 6.18. The van der Waals surface area contributed by atoms with Gasteiger partial charge in [-0.2, -0.15) is 0 Å². The van der Waals surface area contributed by atoms with Crippen LogP contribution in [0, 0.1) is 0 Å². The molecule has 0 aliphatic heterocycles. The molecule has 1 aromatic heterocycles. The van der Waals surface area contributed by atoms with Gasteiger partial charge >= 0.3 is 0 Å². The Morgan fingerprint density at radius 3 is 2.39 bits per heavy atom. The van der Waals surface area contributed by atoms with Crippen molar-refractivity contribution in [3.8, 4) is 11.5 Å². The molecular formula is C12H13ClN4O. The van der Waals surface area contributed by atoms with Crippen molar-refractivity contribution < 1.29 is 4.74 Å². The average molecular weight is 265 g/mol. The summed E-state index contributed by atoms with van der Waals surface area (Å²) in [4.78, 5) is 8.20. The zero-order chi connectivity index (χ0) is 12.8. The quantitative estimate of drug-likeness (QED) is 0.867. The molecule has 5 nitrogen and oxygen atoms in total. The summed E-state index contributed by atoms with van der Waals surface area (Å²) in [6, 6.07) is 7.08. The van der Waals surface area contributed by atoms with Crippen LogP contribution in [0.4, 0.5) is 5.95 Å². The van der Waals surface area contributed by atoms with E-state index in [0.717, 1.165) is 0 Å². The van der Waals surface area contributed by atoms with Crippen LogP contribution < -0.4 is 15.8 Å². The summed E-state index contributed by atoms with van der Waals surface area (Å²) in [7, 11) is 0. The van der Waals surface area contributed by atoms with E-state index in [2.05, 4.69) is 15.3 Å². The molecule has 0 amide bonds. The molecule has 18 heavy (non-hydrogen) atoms. The Morgan fingerprint density at radius 2 is 1.78 bits per heavy atom. The predicted molar refractivity (Wildman–Crippen MR) is 71.1 cm³/mol. The number of nitrogens with one attached hydrogen (secondary N) is 1. The SMILES string of the molecule is NCCNc1ncc(Oc2ccc(Cl)cc2)cn1. The van der Waals surface area contributed by atoms with Gasteiger partial charge in [0.1, 0.15) is 5.75 Å². The van der Waals surface area contributed by atoms with Crippen LogP contribution in [0.15, 0.2) is 36.7 Å². The molecule has 6 heteroatoms. The molecule has 0 aliphatic rings. The summed E-state index contributed by atoms with van der Waals surface area (Å²) in [6.07, 6.45) is 3.20. The summed E-state index contributed by atoms with van der Waals surface area (Å²) in [5.74, 6) is 1.78. The maximum absolute atomic E-state index is 5.79. The minimum absolute atomic E-state index is 0.531. The summed E-state index contributed by atoms with van der Waals surface area (Å²) >= 11 is 5.79. The maximum Gasteiger partial charge on any atom is 0.222 e. The second-order valence-electron chi connectivity index (χ2n) is 3.51. The van der Waals surface area contributed by atoms with Gasteiger partial charge in [-0.1, -0.05) is 11.6 Å². The lowest BCUT2D eigenvalue weighted by atomic mass is 10.3. The van der Waals surface area contributed by atoms with Crippen LogP contribution in [0.2, 0.25) is 5.02 Å². The first-order valence-electron chi connectivity index (χ1n) is 5.47. The molecule has 2 aromatic rings. The Labute approximate surface area is 110 Å². The third-order valence-corrected chi connectivity index (χ3v) is 2.36. The van der Waals surface area contributed by atoms with Gasteiger partial charge < -0.3 is 15.8 Å². The molecule has 0 unspecified atom stereocenters. The molecule has 0 fully saturated rings. The molecule has 0 saturated carbocycles. The van der Waals surface area contributed by atoms with Crippen LogP contribution in [0.3, 0.4) is 0 Å². The highest BCUT2D eigenvalue weighted by atomic mass is 35.5. The van der Waals surface area contributed by atoms with Gasteiger partial charge in [-0.15, -0.1) is 0 Å². The van der Waals surface area contributed by atoms with Gasteiger partial charge in [0.25, 0.3) is 0 Å². The molecule has 0 atom stereocenters. The van der Waals surface area contributed by atoms with Crippen molar-refractivity contribution in [1.82, 2.24) is 9.97 Å². The number of ether oxygens (including phenoxy) is 1. The highest BCUT2D eigenvalue weighted by molar-refractivity contribution is 6.30. The van der Waals surface area contributed by atoms with Crippen LogP contribution in [-0.2, 0) is 0 Å². The Hall–Kier alpha value is -1.85. The maximum atomic E-state index is 5.79. The molecule has 3 N–H and O–H groups in total. The lowest BCUT2D eigenvalue weighted by molar-refractivity contribution is 0.477. The number of nitrogens with zero attached hydrogens (tertiary/aromatic N) is 2. The van der Waals surface area contributed by atoms with Gasteiger partial charge in [0.05, 0.1) is 12.4 Å². The van der Waals surface area contributed by atoms with E-state index in [9.17, 15) is 0 Å². The summed E-state index contributed by atoms with van der Waals surface area (Å²) < 4.78 is 5.56. The largest absolute Gasteiger partial charge is 0.454 e. The van der Waals surface area contributed by atoms with Crippen molar-refractivity contribution in [1.29, 1.82) is 0 Å². The van der Waals surface area contributed by atoms with Crippen LogP contribution in [0.5, 0.6) is 11.5 Å². The number of nitrogens with two attached hydrogens (primary N) is 1. The number of rotatable bonds is 5. The number of hydrogen-bond acceptors (Lipinski definition) is 5. The van der Waals surface area contributed by atoms with Crippen LogP contribution in [0.1, 0.15) is 0 Å². The minimum Gasteiger partial charge on any atom is -0.454 e. The van der Waals surface area contributed by atoms with E-state index in [1.54, 1.807) is 36.7 Å². The fraction of sp³-hybridized carbons (Fsp3) is 0.167. The fourth-order valence-electron chi connectivity index (χ4n) is 1.28. The van der Waals surface area contributed by atoms with Crippen molar-refractivity contribution in [2.24, 2.45) is 5.73 Å². The van der Waals surface area contributed by atoms with Crippen LogP contribution in [-0.4, -0.2) is 23.1 Å². The fourth-order valence-corrected chi connectivity index (χ4v) is 1.41. The monoisotopic (exact) mass is 264 g/mol. The third kappa shape index (κ3) is 3.58. The number of aromatic nitrogens is 2. The highest BCUT2D eigenvalue weighted by Gasteiger charge is 1.99. The van der Waals surface area contributed by atoms with E-state index < -0.39 is 0 Å². The van der Waals surface area contributed by atoms with Gasteiger partial charge in [-0.3, -0.25) is 0 Å². The van der Waals surface area contributed by atoms with Crippen molar-refractivity contribution in [3.63, 3.8) is 0 Å². The summed E-state index contributed by atoms with van der Waals surface area (Å²) in [5, 5.41) is 3.64. The number of halogens is 1. The molecule has 2 rings (SSSR count). The first kappa shape index (κ1) is 12.6. The van der Waals surface area contributed by atoms with Gasteiger partial charge in [0.15, 0.2) is 5.75 Å². The van der Waals surface area contributed by atoms with Crippen molar-refractivity contribution in [2.75, 3.05) is 18.4 Å². The smallest absolute Gasteiger partial charge is 0.222 e. The van der Waals surface area contributed by atoms with Gasteiger partial charge in [-0.05, 0) is 24.3 Å².